The number of hydrogen-bond donors (Lipinski definition) is 13. The van der Waals surface area contributed by atoms with Crippen molar-refractivity contribution in [3.8, 4) is 12.3 Å². The van der Waals surface area contributed by atoms with Crippen molar-refractivity contribution in [1.82, 2.24) is 20.9 Å². The van der Waals surface area contributed by atoms with Gasteiger partial charge in [-0.25, -0.2) is 19.6 Å². The molecule has 0 spiro atoms. The SMILES string of the molecule is C#CCOCCOCCOCCOCCC(=O)N(CC(=O)CCCCCNC(=O)CO[C@@H]([C@@H]1OC(C(=O)O)=C[C@H](N=C(N)N)[C@H]1C)[C@H](O)CO)CC(=O)CCCCCNC(=O)CO[C@@H]([C@@H]1OC(C(=O)O)=C[C@H](N=C(N)N)[C@H]1NC(C)=O)[C@H](O)CO. The number of aliphatic imine (C=N–C) groups is 2. The number of aliphatic hydroxyl groups is 4. The molecular weight excluding hydrogens is 1130 g/mol. The quantitative estimate of drug-likeness (QED) is 0.0117. The molecule has 32 heteroatoms. The average molecular weight is 1220 g/mol. The number of Topliss-reactive ketones (excluding diaryl/α,β-unsaturated/α-hetero) is 2. The molecule has 2 aliphatic heterocycles. The highest BCUT2D eigenvalue weighted by atomic mass is 16.6. The number of ketones is 2. The summed E-state index contributed by atoms with van der Waals surface area (Å²) in [5, 5.41) is 67.9. The number of nitrogens with two attached hydrogens (primary N) is 4. The molecule has 2 rings (SSSR count). The number of hydrogen-bond acceptors (Lipinski definition) is 22. The summed E-state index contributed by atoms with van der Waals surface area (Å²) in [6.45, 7) is 1.17. The van der Waals surface area contributed by atoms with Crippen LogP contribution < -0.4 is 38.9 Å². The number of unbranched alkanes of at least 4 members (excludes halogenated alkanes) is 4. The molecule has 0 unspecified atom stereocenters. The lowest BCUT2D eigenvalue weighted by molar-refractivity contribution is -0.160. The largest absolute Gasteiger partial charge is 0.480 e. The zero-order valence-electron chi connectivity index (χ0n) is 48.0. The third-order valence-electron chi connectivity index (χ3n) is 12.7. The first kappa shape index (κ1) is 74.0. The fourth-order valence-corrected chi connectivity index (χ4v) is 8.54. The van der Waals surface area contributed by atoms with Gasteiger partial charge in [0.05, 0.1) is 97.1 Å². The molecule has 0 aromatic rings. The number of carboxylic acid groups (broad SMARTS) is 2. The normalized spacial score (nSPS) is 19.5. The Balaban J connectivity index is 1.92. The third-order valence-corrected chi connectivity index (χ3v) is 12.7. The number of rotatable bonds is 46. The van der Waals surface area contributed by atoms with Gasteiger partial charge < -0.3 is 112 Å². The van der Waals surface area contributed by atoms with Crippen molar-refractivity contribution in [3.63, 3.8) is 0 Å². The van der Waals surface area contributed by atoms with E-state index in [-0.39, 0.29) is 89.4 Å². The van der Waals surface area contributed by atoms with Crippen LogP contribution in [0, 0.1) is 18.3 Å². The highest BCUT2D eigenvalue weighted by Crippen LogP contribution is 2.31. The van der Waals surface area contributed by atoms with Gasteiger partial charge in [-0.05, 0) is 37.8 Å². The fraction of sp³-hybridized carbons (Fsp3) is 0.698. The molecule has 4 amide bonds. The Kier molecular flexibility index (Phi) is 36.5. The Labute approximate surface area is 492 Å². The predicted molar refractivity (Wildman–Crippen MR) is 299 cm³/mol. The number of ether oxygens (including phenoxy) is 8. The second-order valence-electron chi connectivity index (χ2n) is 19.6. The fourth-order valence-electron chi connectivity index (χ4n) is 8.54. The van der Waals surface area contributed by atoms with Crippen LogP contribution in [0.4, 0.5) is 0 Å². The lowest BCUT2D eigenvalue weighted by atomic mass is 9.87. The molecular formula is C53H86N10O22. The van der Waals surface area contributed by atoms with E-state index in [0.717, 1.165) is 13.0 Å². The zero-order valence-corrected chi connectivity index (χ0v) is 48.0. The number of terminal acetylenes is 1. The molecule has 0 aliphatic carbocycles. The molecule has 0 aromatic carbocycles. The van der Waals surface area contributed by atoms with Crippen LogP contribution in [0.25, 0.3) is 0 Å². The van der Waals surface area contributed by atoms with Crippen LogP contribution in [0.5, 0.6) is 0 Å². The maximum absolute atomic E-state index is 13.4. The standard InChI is InChI=1S/C53H86N10O22/c1-4-16-78-18-20-80-22-23-81-21-19-79-17-13-44(73)63(26-34(67)11-7-5-9-14-58-42(71)30-82-47(38(69)28-64)46-32(2)36(61-52(54)55)24-40(84-46)50(74)75)27-35(68)12-8-6-10-15-59-43(72)31-83-48(39(70)29-65)49-45(60-33(3)66)37(62-53(56)57)25-41(85-49)51(76)77/h1,24-25,32,36-39,45-49,64-65,69-70H,5-23,26-31H2,2-3H3,(H,58,71)(H,59,72)(H,60,66)(H,74,75)(H,76,77)(H4,54,55,61)(H4,56,57,62)/t32-,36+,37+,38-,39-,45-,46-,47-,48-,49-/m1/s1. The molecule has 2 aliphatic rings. The summed E-state index contributed by atoms with van der Waals surface area (Å²) >= 11 is 0. The molecule has 0 fully saturated rings. The Bertz CT molecular complexity index is 2290. The number of nitrogens with zero attached hydrogens (tertiary/aromatic N) is 3. The average Bonchev–Trinajstić information content (AvgIpc) is 3.15. The molecule has 0 bridgehead atoms. The van der Waals surface area contributed by atoms with E-state index in [2.05, 4.69) is 31.9 Å². The van der Waals surface area contributed by atoms with E-state index in [9.17, 15) is 69.0 Å². The first-order valence-electron chi connectivity index (χ1n) is 27.6. The van der Waals surface area contributed by atoms with Gasteiger partial charge in [0.2, 0.25) is 35.1 Å². The number of carboxylic acids is 2. The van der Waals surface area contributed by atoms with E-state index in [1.54, 1.807) is 6.92 Å². The van der Waals surface area contributed by atoms with Gasteiger partial charge >= 0.3 is 11.9 Å². The van der Waals surface area contributed by atoms with Crippen molar-refractivity contribution < 1.29 is 107 Å². The Morgan fingerprint density at radius 2 is 1.08 bits per heavy atom. The summed E-state index contributed by atoms with van der Waals surface area (Å²) in [4.78, 5) is 110. The highest BCUT2D eigenvalue weighted by molar-refractivity contribution is 5.90. The first-order chi connectivity index (χ1) is 40.5. The number of nitrogens with one attached hydrogen (secondary N) is 3. The van der Waals surface area contributed by atoms with E-state index in [0.29, 0.717) is 65.0 Å². The number of amides is 4. The minimum absolute atomic E-state index is 0.0197. The number of guanidine groups is 2. The summed E-state index contributed by atoms with van der Waals surface area (Å²) in [5.41, 5.74) is 22.1. The van der Waals surface area contributed by atoms with Crippen molar-refractivity contribution in [1.29, 1.82) is 0 Å². The molecule has 0 saturated carbocycles. The third kappa shape index (κ3) is 30.0. The van der Waals surface area contributed by atoms with Gasteiger partial charge in [-0.15, -0.1) is 6.42 Å². The second kappa shape index (κ2) is 41.9. The molecule has 480 valence electrons. The molecule has 2 heterocycles. The van der Waals surface area contributed by atoms with Crippen molar-refractivity contribution in [2.45, 2.75) is 126 Å². The van der Waals surface area contributed by atoms with E-state index in [4.69, 9.17) is 67.3 Å². The number of aliphatic hydroxyl groups excluding tert-OH is 4. The Morgan fingerprint density at radius 3 is 1.53 bits per heavy atom. The van der Waals surface area contributed by atoms with Gasteiger partial charge in [0, 0.05) is 38.8 Å². The van der Waals surface area contributed by atoms with Crippen LogP contribution in [0.2, 0.25) is 0 Å². The molecule has 10 atom stereocenters. The van der Waals surface area contributed by atoms with E-state index in [1.807, 2.05) is 0 Å². The topological polar surface area (TPSA) is 500 Å². The van der Waals surface area contributed by atoms with E-state index >= 15 is 0 Å². The van der Waals surface area contributed by atoms with E-state index in [1.165, 1.54) is 11.0 Å². The summed E-state index contributed by atoms with van der Waals surface area (Å²) in [6, 6.07) is -3.31. The number of aliphatic carboxylic acids is 2. The van der Waals surface area contributed by atoms with E-state index < -0.39 is 140 Å². The van der Waals surface area contributed by atoms with Gasteiger partial charge in [0.25, 0.3) is 0 Å². The van der Waals surface area contributed by atoms with Crippen molar-refractivity contribution in [2.75, 3.05) is 105 Å². The Morgan fingerprint density at radius 1 is 0.647 bits per heavy atom. The summed E-state index contributed by atoms with van der Waals surface area (Å²) < 4.78 is 44.0. The number of carbonyl (C=O) groups is 8. The molecule has 32 nitrogen and oxygen atoms in total. The smallest absolute Gasteiger partial charge is 0.370 e. The zero-order chi connectivity index (χ0) is 63.3. The van der Waals surface area contributed by atoms with Gasteiger partial charge in [-0.2, -0.15) is 0 Å². The minimum atomic E-state index is -1.73. The van der Waals surface area contributed by atoms with Crippen LogP contribution in [-0.2, 0) is 76.3 Å². The maximum Gasteiger partial charge on any atom is 0.370 e. The van der Waals surface area contributed by atoms with Gasteiger partial charge in [0.15, 0.2) is 29.6 Å². The van der Waals surface area contributed by atoms with Crippen LogP contribution in [-0.4, -0.2) is 255 Å². The van der Waals surface area contributed by atoms with Crippen LogP contribution in [0.1, 0.15) is 71.6 Å². The van der Waals surface area contributed by atoms with Gasteiger partial charge in [0.1, 0.15) is 50.3 Å². The van der Waals surface area contributed by atoms with Crippen molar-refractivity contribution in [3.05, 3.63) is 23.7 Å². The molecule has 85 heavy (non-hydrogen) atoms. The molecule has 17 N–H and O–H groups in total. The predicted octanol–water partition coefficient (Wildman–Crippen LogP) is -4.97. The Hall–Kier alpha value is -7.06. The maximum atomic E-state index is 13.4. The lowest BCUT2D eigenvalue weighted by Crippen LogP contribution is -2.60. The molecule has 0 aromatic heterocycles. The summed E-state index contributed by atoms with van der Waals surface area (Å²) in [5.74, 6) is -6.26. The highest BCUT2D eigenvalue weighted by Gasteiger charge is 2.46. The summed E-state index contributed by atoms with van der Waals surface area (Å²) in [7, 11) is 0. The van der Waals surface area contributed by atoms with Gasteiger partial charge in [-0.1, -0.05) is 25.7 Å². The minimum Gasteiger partial charge on any atom is -0.480 e. The molecule has 0 radical (unpaired) electrons. The van der Waals surface area contributed by atoms with Gasteiger partial charge in [-0.3, -0.25) is 28.8 Å². The van der Waals surface area contributed by atoms with Crippen LogP contribution in [0.3, 0.4) is 0 Å². The summed E-state index contributed by atoms with van der Waals surface area (Å²) in [6.07, 6.45) is 0.805. The monoisotopic (exact) mass is 1210 g/mol. The lowest BCUT2D eigenvalue weighted by Gasteiger charge is -2.40. The van der Waals surface area contributed by atoms with Crippen LogP contribution in [0.15, 0.2) is 33.7 Å². The first-order valence-corrected chi connectivity index (χ1v) is 27.6. The van der Waals surface area contributed by atoms with Crippen molar-refractivity contribution >= 4 is 59.1 Å². The molecule has 0 saturated heterocycles. The van der Waals surface area contributed by atoms with Crippen LogP contribution >= 0.6 is 0 Å². The van der Waals surface area contributed by atoms with Crippen molar-refractivity contribution in [2.24, 2.45) is 38.8 Å². The number of carbonyl (C=O) groups excluding carboxylic acids is 6. The second-order valence-corrected chi connectivity index (χ2v) is 19.6.